The van der Waals surface area contributed by atoms with Gasteiger partial charge in [0.1, 0.15) is 0 Å². The van der Waals surface area contributed by atoms with Gasteiger partial charge in [-0.2, -0.15) is 0 Å². The van der Waals surface area contributed by atoms with Gasteiger partial charge in [-0.15, -0.1) is 0 Å². The summed E-state index contributed by atoms with van der Waals surface area (Å²) in [5, 5.41) is 0. The Morgan fingerprint density at radius 2 is 1.13 bits per heavy atom. The number of ether oxygens (including phenoxy) is 2. The first kappa shape index (κ1) is 22.7. The van der Waals surface area contributed by atoms with E-state index in [1.807, 2.05) is 0 Å². The molecule has 0 amide bonds. The van der Waals surface area contributed by atoms with Crippen LogP contribution in [0.4, 0.5) is 0 Å². The normalized spacial score (nSPS) is 11.3. The van der Waals surface area contributed by atoms with Gasteiger partial charge in [0.2, 0.25) is 0 Å². The first-order valence-electron chi connectivity index (χ1n) is 8.62. The molecule has 7 heteroatoms. The first-order chi connectivity index (χ1) is 11.0. The Balaban J connectivity index is 5.04. The SMILES string of the molecule is CCCC[O][Zr]([CH2]C(=O)OCC)([CH2]C(=O)OCC)[O]CCCC. The van der Waals surface area contributed by atoms with Crippen LogP contribution in [0, 0.1) is 0 Å². The number of esters is 2. The Morgan fingerprint density at radius 3 is 1.43 bits per heavy atom. The molecule has 0 aromatic carbocycles. The van der Waals surface area contributed by atoms with Crippen LogP contribution in [0.1, 0.15) is 53.4 Å². The second kappa shape index (κ2) is 14.1. The van der Waals surface area contributed by atoms with Gasteiger partial charge in [0.25, 0.3) is 0 Å². The summed E-state index contributed by atoms with van der Waals surface area (Å²) in [6.45, 7) is 9.29. The van der Waals surface area contributed by atoms with Gasteiger partial charge < -0.3 is 0 Å². The Morgan fingerprint density at radius 1 is 0.739 bits per heavy atom. The molecule has 0 saturated carbocycles. The Bertz CT molecular complexity index is 303. The van der Waals surface area contributed by atoms with Crippen LogP contribution in [0.3, 0.4) is 0 Å². The van der Waals surface area contributed by atoms with Gasteiger partial charge in [0, 0.05) is 0 Å². The Kier molecular flexibility index (Phi) is 14.0. The van der Waals surface area contributed by atoms with Gasteiger partial charge in [0.05, 0.1) is 0 Å². The Hall–Kier alpha value is -0.257. The fourth-order valence-electron chi connectivity index (χ4n) is 1.98. The van der Waals surface area contributed by atoms with E-state index in [-0.39, 0.29) is 20.2 Å². The second-order valence-electron chi connectivity index (χ2n) is 5.28. The zero-order valence-electron chi connectivity index (χ0n) is 15.0. The minimum absolute atomic E-state index is 0.0920. The summed E-state index contributed by atoms with van der Waals surface area (Å²) in [7, 11) is 0. The van der Waals surface area contributed by atoms with Crippen LogP contribution in [0.5, 0.6) is 0 Å². The standard InChI is InChI=1S/2C4H7O2.2C4H9O.Zr/c2*1-3-6-4(2)5;2*1-2-3-4-5;/h2*2-3H2,1H3;2*2-4H2,1H3;/q;;2*-1;+2. The molecule has 0 aromatic heterocycles. The average molecular weight is 412 g/mol. The van der Waals surface area contributed by atoms with Gasteiger partial charge in [-0.25, -0.2) is 0 Å². The van der Waals surface area contributed by atoms with Crippen molar-refractivity contribution in [3.63, 3.8) is 0 Å². The topological polar surface area (TPSA) is 71.1 Å². The van der Waals surface area contributed by atoms with Crippen LogP contribution < -0.4 is 0 Å². The number of hydrogen-bond donors (Lipinski definition) is 0. The fraction of sp³-hybridized carbons (Fsp3) is 0.875. The van der Waals surface area contributed by atoms with E-state index in [2.05, 4.69) is 13.8 Å². The van der Waals surface area contributed by atoms with Crippen molar-refractivity contribution in [2.75, 3.05) is 26.4 Å². The molecule has 0 unspecified atom stereocenters. The number of hydrogen-bond acceptors (Lipinski definition) is 6. The van der Waals surface area contributed by atoms with Crippen molar-refractivity contribution in [2.45, 2.75) is 61.6 Å². The quantitative estimate of drug-likeness (QED) is 0.321. The van der Waals surface area contributed by atoms with Gasteiger partial charge in [-0.3, -0.25) is 0 Å². The van der Waals surface area contributed by atoms with Crippen molar-refractivity contribution in [2.24, 2.45) is 0 Å². The number of rotatable bonds is 14. The predicted octanol–water partition coefficient (Wildman–Crippen LogP) is 3.57. The zero-order chi connectivity index (χ0) is 17.6. The number of carbonyl (C=O) groups is 2. The summed E-state index contributed by atoms with van der Waals surface area (Å²) in [6.07, 6.45) is 3.72. The molecule has 0 heterocycles. The summed E-state index contributed by atoms with van der Waals surface area (Å²) in [5.74, 6) is -0.693. The van der Waals surface area contributed by atoms with Crippen molar-refractivity contribution in [3.05, 3.63) is 0 Å². The molecule has 136 valence electrons. The first-order valence-corrected chi connectivity index (χ1v) is 14.1. The molecular weight excluding hydrogens is 379 g/mol. The van der Waals surface area contributed by atoms with E-state index in [0.717, 1.165) is 25.7 Å². The van der Waals surface area contributed by atoms with Gasteiger partial charge >= 0.3 is 146 Å². The van der Waals surface area contributed by atoms with Crippen LogP contribution in [0.15, 0.2) is 0 Å². The van der Waals surface area contributed by atoms with E-state index >= 15 is 0 Å². The molecule has 0 saturated heterocycles. The molecule has 23 heavy (non-hydrogen) atoms. The fourth-order valence-corrected chi connectivity index (χ4v) is 8.70. The summed E-state index contributed by atoms with van der Waals surface area (Å²) >= 11 is -3.90. The van der Waals surface area contributed by atoms with Crippen LogP contribution in [-0.2, 0) is 45.8 Å². The molecule has 0 rings (SSSR count). The molecule has 0 N–H and O–H groups in total. The average Bonchev–Trinajstić information content (AvgIpc) is 2.48. The van der Waals surface area contributed by atoms with Crippen molar-refractivity contribution < 1.29 is 45.8 Å². The third kappa shape index (κ3) is 11.0. The molecule has 0 bridgehead atoms. The molecule has 0 atom stereocenters. The summed E-state index contributed by atoms with van der Waals surface area (Å²) in [5.41, 5.74) is 0. The molecule has 0 aliphatic heterocycles. The van der Waals surface area contributed by atoms with Crippen LogP contribution in [-0.4, -0.2) is 38.4 Å². The van der Waals surface area contributed by atoms with E-state index in [9.17, 15) is 9.59 Å². The van der Waals surface area contributed by atoms with E-state index in [1.165, 1.54) is 0 Å². The van der Waals surface area contributed by atoms with Crippen LogP contribution in [0.25, 0.3) is 0 Å². The van der Waals surface area contributed by atoms with Crippen molar-refractivity contribution >= 4 is 11.9 Å². The van der Waals surface area contributed by atoms with Crippen molar-refractivity contribution in [3.8, 4) is 0 Å². The third-order valence-electron chi connectivity index (χ3n) is 3.16. The molecule has 0 spiro atoms. The monoisotopic (exact) mass is 410 g/mol. The van der Waals surface area contributed by atoms with E-state index < -0.39 is 21.1 Å². The van der Waals surface area contributed by atoms with Crippen LogP contribution >= 0.6 is 0 Å². The molecule has 0 fully saturated rings. The zero-order valence-corrected chi connectivity index (χ0v) is 17.5. The maximum absolute atomic E-state index is 12.0. The maximum atomic E-state index is 12.0. The Labute approximate surface area is 145 Å². The summed E-state index contributed by atoms with van der Waals surface area (Å²) in [6, 6.07) is 0. The predicted molar refractivity (Wildman–Crippen MR) is 84.6 cm³/mol. The van der Waals surface area contributed by atoms with E-state index in [1.54, 1.807) is 13.8 Å². The van der Waals surface area contributed by atoms with Crippen LogP contribution in [0.2, 0.25) is 8.26 Å². The van der Waals surface area contributed by atoms with Crippen molar-refractivity contribution in [1.29, 1.82) is 0 Å². The molecule has 6 nitrogen and oxygen atoms in total. The van der Waals surface area contributed by atoms with Gasteiger partial charge in [-0.05, 0) is 0 Å². The third-order valence-corrected chi connectivity index (χ3v) is 10.8. The molecule has 0 aliphatic carbocycles. The molecule has 0 radical (unpaired) electrons. The minimum atomic E-state index is -3.90. The summed E-state index contributed by atoms with van der Waals surface area (Å²) < 4.78 is 22.4. The summed E-state index contributed by atoms with van der Waals surface area (Å²) in [4.78, 5) is 24.0. The van der Waals surface area contributed by atoms with Gasteiger partial charge in [-0.1, -0.05) is 0 Å². The molecule has 0 aliphatic rings. The van der Waals surface area contributed by atoms with Gasteiger partial charge in [0.15, 0.2) is 0 Å². The van der Waals surface area contributed by atoms with E-state index in [4.69, 9.17) is 15.1 Å². The molecule has 0 aromatic rings. The van der Waals surface area contributed by atoms with E-state index in [0.29, 0.717) is 26.4 Å². The van der Waals surface area contributed by atoms with Crippen molar-refractivity contribution in [1.82, 2.24) is 0 Å². The number of unbranched alkanes of at least 4 members (excludes halogenated alkanes) is 2. The number of carbonyl (C=O) groups excluding carboxylic acids is 2. The molecular formula is C16H32O6Zr. The second-order valence-corrected chi connectivity index (χ2v) is 12.9.